The molecule has 0 atom stereocenters. The smallest absolute Gasteiger partial charge is 0.236 e. The molecule has 1 aliphatic rings. The van der Waals surface area contributed by atoms with E-state index in [-0.39, 0.29) is 5.75 Å². The average Bonchev–Trinajstić information content (AvgIpc) is 2.29. The van der Waals surface area contributed by atoms with Gasteiger partial charge >= 0.3 is 0 Å². The van der Waals surface area contributed by atoms with E-state index in [1.165, 1.54) is 19.3 Å². The van der Waals surface area contributed by atoms with Crippen molar-refractivity contribution in [3.63, 3.8) is 0 Å². The van der Waals surface area contributed by atoms with Crippen LogP contribution < -0.4 is 4.90 Å². The molecule has 1 heterocycles. The Kier molecular flexibility index (Phi) is 3.94. The minimum Gasteiger partial charge on any atom is -0.371 e. The van der Waals surface area contributed by atoms with Crippen molar-refractivity contribution in [1.82, 2.24) is 0 Å². The molecular weight excluding hydrogens is 258 g/mol. The van der Waals surface area contributed by atoms with Crippen molar-refractivity contribution < 1.29 is 8.42 Å². The number of anilines is 1. The lowest BCUT2D eigenvalue weighted by molar-refractivity contribution is 0.576. The summed E-state index contributed by atoms with van der Waals surface area (Å²) in [5.74, 6) is -0.0960. The molecule has 0 unspecified atom stereocenters. The van der Waals surface area contributed by atoms with Gasteiger partial charge in [0.25, 0.3) is 0 Å². The summed E-state index contributed by atoms with van der Waals surface area (Å²) in [7, 11) is 1.84. The Balaban J connectivity index is 2.26. The molecular formula is C12H16ClNO2S. The summed E-state index contributed by atoms with van der Waals surface area (Å²) < 4.78 is 22.4. The second kappa shape index (κ2) is 5.27. The third-order valence-electron chi connectivity index (χ3n) is 3.02. The van der Waals surface area contributed by atoms with Gasteiger partial charge in [-0.25, -0.2) is 8.42 Å². The largest absolute Gasteiger partial charge is 0.371 e. The number of piperidine rings is 1. The highest BCUT2D eigenvalue weighted by atomic mass is 35.7. The molecule has 1 aliphatic heterocycles. The molecule has 0 aliphatic carbocycles. The molecule has 0 spiro atoms. The van der Waals surface area contributed by atoms with Gasteiger partial charge < -0.3 is 4.90 Å². The number of benzene rings is 1. The van der Waals surface area contributed by atoms with Gasteiger partial charge in [-0.2, -0.15) is 0 Å². The quantitative estimate of drug-likeness (QED) is 0.795. The summed E-state index contributed by atoms with van der Waals surface area (Å²) in [5, 5.41) is 0. The highest BCUT2D eigenvalue weighted by Crippen LogP contribution is 2.26. The van der Waals surface area contributed by atoms with Crippen LogP contribution >= 0.6 is 10.7 Å². The van der Waals surface area contributed by atoms with E-state index in [0.717, 1.165) is 24.3 Å². The van der Waals surface area contributed by atoms with E-state index in [2.05, 4.69) is 4.90 Å². The van der Waals surface area contributed by atoms with E-state index in [1.807, 2.05) is 24.3 Å². The zero-order valence-electron chi connectivity index (χ0n) is 9.60. The summed E-state index contributed by atoms with van der Waals surface area (Å²) in [5.41, 5.74) is 1.81. The molecule has 2 rings (SSSR count). The third kappa shape index (κ3) is 3.61. The second-order valence-corrected chi connectivity index (χ2v) is 7.14. The van der Waals surface area contributed by atoms with Crippen molar-refractivity contribution in [1.29, 1.82) is 0 Å². The fourth-order valence-electron chi connectivity index (χ4n) is 2.26. The number of hydrogen-bond donors (Lipinski definition) is 0. The molecule has 0 N–H and O–H groups in total. The van der Waals surface area contributed by atoms with Gasteiger partial charge in [0.15, 0.2) is 0 Å². The first-order chi connectivity index (χ1) is 8.06. The standard InChI is InChI=1S/C12H16ClNO2S/c13-17(15,16)10-11-6-2-3-7-12(11)14-8-4-1-5-9-14/h2-3,6-7H,1,4-5,8-10H2. The van der Waals surface area contributed by atoms with Crippen molar-refractivity contribution in [2.24, 2.45) is 0 Å². The Labute approximate surface area is 107 Å². The van der Waals surface area contributed by atoms with Crippen LogP contribution in [0.3, 0.4) is 0 Å². The van der Waals surface area contributed by atoms with Crippen LogP contribution in [0.25, 0.3) is 0 Å². The predicted molar refractivity (Wildman–Crippen MR) is 71.0 cm³/mol. The van der Waals surface area contributed by atoms with Gasteiger partial charge in [-0.15, -0.1) is 0 Å². The van der Waals surface area contributed by atoms with Gasteiger partial charge in [-0.05, 0) is 30.9 Å². The lowest BCUT2D eigenvalue weighted by atomic mass is 10.1. The van der Waals surface area contributed by atoms with Crippen molar-refractivity contribution in [2.45, 2.75) is 25.0 Å². The van der Waals surface area contributed by atoms with Gasteiger partial charge in [0, 0.05) is 29.5 Å². The van der Waals surface area contributed by atoms with Crippen molar-refractivity contribution in [3.8, 4) is 0 Å². The Morgan fingerprint density at radius 3 is 2.41 bits per heavy atom. The number of hydrogen-bond acceptors (Lipinski definition) is 3. The maximum atomic E-state index is 11.2. The molecule has 0 radical (unpaired) electrons. The highest BCUT2D eigenvalue weighted by Gasteiger charge is 2.17. The van der Waals surface area contributed by atoms with Gasteiger partial charge in [0.1, 0.15) is 0 Å². The fraction of sp³-hybridized carbons (Fsp3) is 0.500. The van der Waals surface area contributed by atoms with Crippen LogP contribution in [0.1, 0.15) is 24.8 Å². The van der Waals surface area contributed by atoms with E-state index < -0.39 is 9.05 Å². The van der Waals surface area contributed by atoms with E-state index in [0.29, 0.717) is 0 Å². The predicted octanol–water partition coefficient (Wildman–Crippen LogP) is 2.75. The molecule has 1 saturated heterocycles. The van der Waals surface area contributed by atoms with Gasteiger partial charge in [0.2, 0.25) is 9.05 Å². The first-order valence-electron chi connectivity index (χ1n) is 5.81. The average molecular weight is 274 g/mol. The summed E-state index contributed by atoms with van der Waals surface area (Å²) in [6.45, 7) is 2.00. The molecule has 0 bridgehead atoms. The molecule has 5 heteroatoms. The van der Waals surface area contributed by atoms with E-state index in [4.69, 9.17) is 10.7 Å². The van der Waals surface area contributed by atoms with Crippen LogP contribution in [-0.2, 0) is 14.8 Å². The van der Waals surface area contributed by atoms with E-state index in [9.17, 15) is 8.42 Å². The summed E-state index contributed by atoms with van der Waals surface area (Å²) in [4.78, 5) is 2.25. The zero-order chi connectivity index (χ0) is 12.3. The van der Waals surface area contributed by atoms with Crippen LogP contribution in [0, 0.1) is 0 Å². The maximum absolute atomic E-state index is 11.2. The first kappa shape index (κ1) is 12.7. The van der Waals surface area contributed by atoms with Crippen LogP contribution in [-0.4, -0.2) is 21.5 Å². The van der Waals surface area contributed by atoms with Crippen molar-refractivity contribution >= 4 is 25.4 Å². The lowest BCUT2D eigenvalue weighted by Gasteiger charge is -2.30. The van der Waals surface area contributed by atoms with Gasteiger partial charge in [-0.1, -0.05) is 18.2 Å². The Morgan fingerprint density at radius 2 is 1.76 bits per heavy atom. The van der Waals surface area contributed by atoms with Gasteiger partial charge in [-0.3, -0.25) is 0 Å². The summed E-state index contributed by atoms with van der Waals surface area (Å²) in [6.07, 6.45) is 3.59. The van der Waals surface area contributed by atoms with Crippen molar-refractivity contribution in [3.05, 3.63) is 29.8 Å². The molecule has 94 valence electrons. The Bertz CT molecular complexity index is 481. The van der Waals surface area contributed by atoms with Crippen LogP contribution in [0.15, 0.2) is 24.3 Å². The van der Waals surface area contributed by atoms with Crippen LogP contribution in [0.4, 0.5) is 5.69 Å². The molecule has 0 saturated carbocycles. The maximum Gasteiger partial charge on any atom is 0.236 e. The molecule has 1 aromatic carbocycles. The zero-order valence-corrected chi connectivity index (χ0v) is 11.2. The normalized spacial score (nSPS) is 17.1. The van der Waals surface area contributed by atoms with Crippen LogP contribution in [0.2, 0.25) is 0 Å². The summed E-state index contributed by atoms with van der Waals surface area (Å²) in [6, 6.07) is 7.60. The summed E-state index contributed by atoms with van der Waals surface area (Å²) >= 11 is 0. The lowest BCUT2D eigenvalue weighted by Crippen LogP contribution is -2.30. The Morgan fingerprint density at radius 1 is 1.12 bits per heavy atom. The third-order valence-corrected chi connectivity index (χ3v) is 4.00. The Hall–Kier alpha value is -0.740. The van der Waals surface area contributed by atoms with Crippen molar-refractivity contribution in [2.75, 3.05) is 18.0 Å². The SMILES string of the molecule is O=S(=O)(Cl)Cc1ccccc1N1CCCCC1. The molecule has 0 amide bonds. The molecule has 3 nitrogen and oxygen atoms in total. The van der Waals surface area contributed by atoms with Crippen LogP contribution in [0.5, 0.6) is 0 Å². The monoisotopic (exact) mass is 273 g/mol. The number of rotatable bonds is 3. The highest BCUT2D eigenvalue weighted by molar-refractivity contribution is 8.13. The second-order valence-electron chi connectivity index (χ2n) is 4.36. The van der Waals surface area contributed by atoms with E-state index in [1.54, 1.807) is 0 Å². The molecule has 1 aromatic rings. The molecule has 17 heavy (non-hydrogen) atoms. The van der Waals surface area contributed by atoms with E-state index >= 15 is 0 Å². The first-order valence-corrected chi connectivity index (χ1v) is 8.29. The number of nitrogens with zero attached hydrogens (tertiary/aromatic N) is 1. The minimum absolute atomic E-state index is 0.0960. The minimum atomic E-state index is -3.49. The molecule has 1 fully saturated rings. The fourth-order valence-corrected chi connectivity index (χ4v) is 3.23. The number of para-hydroxylation sites is 1. The number of halogens is 1. The van der Waals surface area contributed by atoms with Gasteiger partial charge in [0.05, 0.1) is 5.75 Å². The molecule has 0 aromatic heterocycles. The topological polar surface area (TPSA) is 37.4 Å².